The molecule has 0 saturated heterocycles. The van der Waals surface area contributed by atoms with E-state index < -0.39 is 47.7 Å². The van der Waals surface area contributed by atoms with Crippen LogP contribution in [0.2, 0.25) is 0 Å². The molecule has 0 aliphatic heterocycles. The molecule has 0 unspecified atom stereocenters. The number of ether oxygens (including phenoxy) is 2. The van der Waals surface area contributed by atoms with Crippen molar-refractivity contribution in [1.29, 1.82) is 0 Å². The van der Waals surface area contributed by atoms with Gasteiger partial charge in [-0.15, -0.1) is 0 Å². The van der Waals surface area contributed by atoms with E-state index in [2.05, 4.69) is 9.47 Å². The number of carbonyl (C=O) groups excluding carboxylic acids is 2. The zero-order valence-corrected chi connectivity index (χ0v) is 11.6. The molecule has 2 N–H and O–H groups in total. The first kappa shape index (κ1) is 16.8. The van der Waals surface area contributed by atoms with Gasteiger partial charge in [0.1, 0.15) is 5.60 Å². The molecule has 1 saturated carbocycles. The first-order chi connectivity index (χ1) is 8.81. The molecular weight excluding hydrogens is 278 g/mol. The Morgan fingerprint density at radius 3 is 1.85 bits per heavy atom. The minimum absolute atomic E-state index is 0.919. The van der Waals surface area contributed by atoms with Gasteiger partial charge in [0.2, 0.25) is 6.10 Å². The lowest BCUT2D eigenvalue weighted by atomic mass is 9.69. The third-order valence-corrected chi connectivity index (χ3v) is 3.50. The van der Waals surface area contributed by atoms with E-state index in [0.29, 0.717) is 0 Å². The van der Waals surface area contributed by atoms with Gasteiger partial charge in [0.05, 0.1) is 5.60 Å². The lowest BCUT2D eigenvalue weighted by Gasteiger charge is -2.52. The largest absolute Gasteiger partial charge is 0.455 e. The second-order valence-electron chi connectivity index (χ2n) is 5.42. The van der Waals surface area contributed by atoms with Gasteiger partial charge < -0.3 is 19.7 Å². The molecule has 0 aromatic heterocycles. The quantitative estimate of drug-likeness (QED) is 0.716. The molecule has 8 heteroatoms. The van der Waals surface area contributed by atoms with Crippen LogP contribution < -0.4 is 0 Å². The van der Waals surface area contributed by atoms with E-state index in [1.54, 1.807) is 0 Å². The minimum Gasteiger partial charge on any atom is -0.455 e. The van der Waals surface area contributed by atoms with Gasteiger partial charge in [-0.1, -0.05) is 0 Å². The summed E-state index contributed by atoms with van der Waals surface area (Å²) in [6, 6.07) is 0. The van der Waals surface area contributed by atoms with E-state index in [9.17, 15) is 28.6 Å². The molecule has 0 radical (unpaired) electrons. The van der Waals surface area contributed by atoms with Crippen LogP contribution in [-0.2, 0) is 19.1 Å². The minimum atomic E-state index is -3.66. The fraction of sp³-hybridized carbons (Fsp3) is 0.833. The van der Waals surface area contributed by atoms with E-state index in [1.165, 1.54) is 0 Å². The second kappa shape index (κ2) is 4.92. The Morgan fingerprint density at radius 1 is 1.05 bits per heavy atom. The van der Waals surface area contributed by atoms with Crippen LogP contribution in [0.15, 0.2) is 0 Å². The maximum absolute atomic E-state index is 14.0. The standard InChI is InChI=1S/C12H18F2O6/c1-6(15)19-8-9(20-7(2)16)12(13,14)5-10(3,17)11(8,4)18/h8-9,17-18H,5H2,1-4H3/t8-,9+,10-,11+/m1/s1. The van der Waals surface area contributed by atoms with Gasteiger partial charge in [-0.05, 0) is 13.8 Å². The first-order valence-corrected chi connectivity index (χ1v) is 5.98. The summed E-state index contributed by atoms with van der Waals surface area (Å²) in [6.07, 6.45) is -5.19. The van der Waals surface area contributed by atoms with Crippen molar-refractivity contribution in [3.8, 4) is 0 Å². The molecule has 0 aromatic rings. The third-order valence-electron chi connectivity index (χ3n) is 3.50. The maximum atomic E-state index is 14.0. The summed E-state index contributed by atoms with van der Waals surface area (Å²) in [5.74, 6) is -5.61. The second-order valence-corrected chi connectivity index (χ2v) is 5.42. The lowest BCUT2D eigenvalue weighted by Crippen LogP contribution is -2.72. The molecular formula is C12H18F2O6. The molecule has 0 heterocycles. The Morgan fingerprint density at radius 2 is 1.45 bits per heavy atom. The van der Waals surface area contributed by atoms with E-state index in [4.69, 9.17) is 0 Å². The van der Waals surface area contributed by atoms with Crippen LogP contribution in [0.4, 0.5) is 8.78 Å². The Labute approximate surface area is 114 Å². The lowest BCUT2D eigenvalue weighted by molar-refractivity contribution is -0.305. The average molecular weight is 296 g/mol. The molecule has 20 heavy (non-hydrogen) atoms. The maximum Gasteiger partial charge on any atom is 0.303 e. The number of hydrogen-bond donors (Lipinski definition) is 2. The zero-order chi connectivity index (χ0) is 15.9. The van der Waals surface area contributed by atoms with Crippen LogP contribution in [-0.4, -0.2) is 51.5 Å². The van der Waals surface area contributed by atoms with Gasteiger partial charge in [0.25, 0.3) is 5.92 Å². The Balaban J connectivity index is 3.28. The van der Waals surface area contributed by atoms with Crippen LogP contribution in [0.1, 0.15) is 34.1 Å². The Kier molecular flexibility index (Phi) is 4.13. The van der Waals surface area contributed by atoms with E-state index >= 15 is 0 Å². The molecule has 0 bridgehead atoms. The molecule has 116 valence electrons. The highest BCUT2D eigenvalue weighted by molar-refractivity contribution is 5.67. The van der Waals surface area contributed by atoms with Crippen LogP contribution in [0.3, 0.4) is 0 Å². The van der Waals surface area contributed by atoms with Crippen LogP contribution >= 0.6 is 0 Å². The number of carbonyl (C=O) groups is 2. The first-order valence-electron chi connectivity index (χ1n) is 5.98. The fourth-order valence-electron chi connectivity index (χ4n) is 2.24. The summed E-state index contributed by atoms with van der Waals surface area (Å²) in [4.78, 5) is 22.0. The molecule has 1 rings (SSSR count). The Bertz CT molecular complexity index is 418. The fourth-order valence-corrected chi connectivity index (χ4v) is 2.24. The highest BCUT2D eigenvalue weighted by Crippen LogP contribution is 2.47. The van der Waals surface area contributed by atoms with Crippen molar-refractivity contribution in [1.82, 2.24) is 0 Å². The molecule has 1 aliphatic carbocycles. The van der Waals surface area contributed by atoms with Gasteiger partial charge in [-0.25, -0.2) is 8.78 Å². The molecule has 0 aromatic carbocycles. The predicted octanol–water partition coefficient (Wildman–Crippen LogP) is 0.391. The van der Waals surface area contributed by atoms with Crippen LogP contribution in [0, 0.1) is 0 Å². The van der Waals surface area contributed by atoms with Gasteiger partial charge >= 0.3 is 11.9 Å². The number of rotatable bonds is 2. The number of aliphatic hydroxyl groups is 2. The zero-order valence-electron chi connectivity index (χ0n) is 11.6. The normalized spacial score (nSPS) is 40.0. The predicted molar refractivity (Wildman–Crippen MR) is 61.9 cm³/mol. The van der Waals surface area contributed by atoms with Crippen LogP contribution in [0.5, 0.6) is 0 Å². The van der Waals surface area contributed by atoms with E-state index in [0.717, 1.165) is 27.7 Å². The summed E-state index contributed by atoms with van der Waals surface area (Å²) in [5, 5.41) is 20.3. The number of halogens is 2. The topological polar surface area (TPSA) is 93.1 Å². The molecule has 4 atom stereocenters. The Hall–Kier alpha value is -1.28. The molecule has 0 amide bonds. The summed E-state index contributed by atoms with van der Waals surface area (Å²) in [6.45, 7) is 3.93. The molecule has 1 fully saturated rings. The van der Waals surface area contributed by atoms with Gasteiger partial charge in [0.15, 0.2) is 6.10 Å². The van der Waals surface area contributed by atoms with Crippen molar-refractivity contribution in [3.05, 3.63) is 0 Å². The van der Waals surface area contributed by atoms with Gasteiger partial charge in [-0.3, -0.25) is 9.59 Å². The average Bonchev–Trinajstić information content (AvgIpc) is 2.18. The van der Waals surface area contributed by atoms with Gasteiger partial charge in [0, 0.05) is 20.3 Å². The summed E-state index contributed by atoms with van der Waals surface area (Å²) < 4.78 is 37.3. The van der Waals surface area contributed by atoms with Gasteiger partial charge in [-0.2, -0.15) is 0 Å². The smallest absolute Gasteiger partial charge is 0.303 e. The summed E-state index contributed by atoms with van der Waals surface area (Å²) in [5.41, 5.74) is -4.44. The SMILES string of the molecule is CC(=O)O[C@@H]1[C@H](OC(C)=O)C(F)(F)C[C@@](C)(O)[C@@]1(C)O. The number of hydrogen-bond acceptors (Lipinski definition) is 6. The monoisotopic (exact) mass is 296 g/mol. The summed E-state index contributed by atoms with van der Waals surface area (Å²) >= 11 is 0. The highest BCUT2D eigenvalue weighted by atomic mass is 19.3. The molecule has 0 spiro atoms. The summed E-state index contributed by atoms with van der Waals surface area (Å²) in [7, 11) is 0. The van der Waals surface area contributed by atoms with Crippen molar-refractivity contribution >= 4 is 11.9 Å². The van der Waals surface area contributed by atoms with E-state index in [-0.39, 0.29) is 0 Å². The third kappa shape index (κ3) is 2.90. The van der Waals surface area contributed by atoms with Crippen molar-refractivity contribution in [2.24, 2.45) is 0 Å². The van der Waals surface area contributed by atoms with Crippen molar-refractivity contribution in [2.45, 2.75) is 63.4 Å². The van der Waals surface area contributed by atoms with E-state index in [1.807, 2.05) is 0 Å². The highest BCUT2D eigenvalue weighted by Gasteiger charge is 2.67. The molecule has 1 aliphatic rings. The van der Waals surface area contributed by atoms with Crippen LogP contribution in [0.25, 0.3) is 0 Å². The number of esters is 2. The van der Waals surface area contributed by atoms with Crippen molar-refractivity contribution in [3.63, 3.8) is 0 Å². The number of alkyl halides is 2. The van der Waals surface area contributed by atoms with Crippen molar-refractivity contribution < 1.29 is 38.1 Å². The molecule has 6 nitrogen and oxygen atoms in total. The van der Waals surface area contributed by atoms with Crippen molar-refractivity contribution in [2.75, 3.05) is 0 Å².